The van der Waals surface area contributed by atoms with Crippen LogP contribution in [-0.4, -0.2) is 25.5 Å². The van der Waals surface area contributed by atoms with Crippen LogP contribution in [0.2, 0.25) is 0 Å². The molecule has 0 radical (unpaired) electrons. The van der Waals surface area contributed by atoms with Crippen LogP contribution in [0.1, 0.15) is 24.2 Å². The van der Waals surface area contributed by atoms with Crippen molar-refractivity contribution in [3.63, 3.8) is 0 Å². The van der Waals surface area contributed by atoms with Gasteiger partial charge >= 0.3 is 0 Å². The van der Waals surface area contributed by atoms with Crippen molar-refractivity contribution in [3.05, 3.63) is 17.7 Å². The fourth-order valence-corrected chi connectivity index (χ4v) is 1.89. The van der Waals surface area contributed by atoms with E-state index >= 15 is 0 Å². The van der Waals surface area contributed by atoms with Crippen molar-refractivity contribution in [2.24, 2.45) is 0 Å². The highest BCUT2D eigenvalue weighted by Gasteiger charge is 2.42. The van der Waals surface area contributed by atoms with Crippen LogP contribution in [0.15, 0.2) is 12.1 Å². The predicted octanol–water partition coefficient (Wildman–Crippen LogP) is 1.69. The average Bonchev–Trinajstić information content (AvgIpc) is 2.41. The van der Waals surface area contributed by atoms with Crippen molar-refractivity contribution >= 4 is 17.2 Å². The fraction of sp³-hybridized carbons (Fsp3) is 0.417. The largest absolute Gasteiger partial charge is 0.477 e. The number of fused-ring (bicyclic) bond motifs is 1. The maximum absolute atomic E-state index is 12.2. The summed E-state index contributed by atoms with van der Waals surface area (Å²) in [5.41, 5.74) is 6.96. The molecule has 0 aromatic heterocycles. The Bertz CT molecular complexity index is 464. The van der Waals surface area contributed by atoms with E-state index < -0.39 is 5.60 Å². The van der Waals surface area contributed by atoms with Gasteiger partial charge in [-0.1, -0.05) is 0 Å². The highest BCUT2D eigenvalue weighted by Crippen LogP contribution is 2.43. The van der Waals surface area contributed by atoms with Crippen LogP contribution in [0.25, 0.3) is 0 Å². The monoisotopic (exact) mass is 220 g/mol. The van der Waals surface area contributed by atoms with Gasteiger partial charge in [-0.25, -0.2) is 0 Å². The summed E-state index contributed by atoms with van der Waals surface area (Å²) in [6.07, 6.45) is 0. The van der Waals surface area contributed by atoms with E-state index in [1.165, 1.54) is 0 Å². The molecular weight excluding hydrogens is 204 g/mol. The molecule has 0 spiro atoms. The van der Waals surface area contributed by atoms with Gasteiger partial charge in [-0.3, -0.25) is 4.79 Å². The van der Waals surface area contributed by atoms with Crippen molar-refractivity contribution in [2.75, 3.05) is 24.7 Å². The highest BCUT2D eigenvalue weighted by molar-refractivity contribution is 6.12. The number of anilines is 2. The normalized spacial score (nSPS) is 16.9. The summed E-state index contributed by atoms with van der Waals surface area (Å²) in [5, 5.41) is 0. The molecule has 0 aliphatic carbocycles. The minimum absolute atomic E-state index is 0.0153. The summed E-state index contributed by atoms with van der Waals surface area (Å²) in [6, 6.07) is 3.61. The summed E-state index contributed by atoms with van der Waals surface area (Å²) < 4.78 is 5.63. The molecule has 86 valence electrons. The van der Waals surface area contributed by atoms with E-state index in [4.69, 9.17) is 10.5 Å². The van der Waals surface area contributed by atoms with Gasteiger partial charge < -0.3 is 15.4 Å². The first-order valence-electron chi connectivity index (χ1n) is 5.18. The van der Waals surface area contributed by atoms with Crippen LogP contribution >= 0.6 is 0 Å². The molecule has 2 rings (SSSR count). The van der Waals surface area contributed by atoms with Crippen LogP contribution in [0.4, 0.5) is 11.4 Å². The molecule has 2 N–H and O–H groups in total. The van der Waals surface area contributed by atoms with Gasteiger partial charge in [0, 0.05) is 14.1 Å². The van der Waals surface area contributed by atoms with Gasteiger partial charge in [0.2, 0.25) is 5.78 Å². The first-order valence-corrected chi connectivity index (χ1v) is 5.18. The number of Topliss-reactive ketones (excluding diaryl/α,β-unsaturated/α-hetero) is 1. The molecule has 1 heterocycles. The lowest BCUT2D eigenvalue weighted by atomic mass is 9.98. The number of nitrogen functional groups attached to an aromatic ring is 1. The topological polar surface area (TPSA) is 55.6 Å². The van der Waals surface area contributed by atoms with E-state index in [1.54, 1.807) is 19.9 Å². The van der Waals surface area contributed by atoms with Gasteiger partial charge in [0.15, 0.2) is 11.4 Å². The zero-order chi connectivity index (χ0) is 12.1. The number of carbonyl (C=O) groups excluding carboxylic acids is 1. The smallest absolute Gasteiger partial charge is 0.211 e. The van der Waals surface area contributed by atoms with Crippen molar-refractivity contribution in [2.45, 2.75) is 19.4 Å². The summed E-state index contributed by atoms with van der Waals surface area (Å²) in [4.78, 5) is 14.1. The molecule has 0 fully saturated rings. The number of nitrogens with two attached hydrogens (primary N) is 1. The molecule has 0 atom stereocenters. The lowest BCUT2D eigenvalue weighted by Gasteiger charge is -2.15. The van der Waals surface area contributed by atoms with Crippen LogP contribution in [0.3, 0.4) is 0 Å². The molecule has 16 heavy (non-hydrogen) atoms. The van der Waals surface area contributed by atoms with Gasteiger partial charge in [0.1, 0.15) is 0 Å². The second-order valence-electron chi connectivity index (χ2n) is 4.71. The summed E-state index contributed by atoms with van der Waals surface area (Å²) in [5.74, 6) is 0.500. The van der Waals surface area contributed by atoms with Crippen molar-refractivity contribution in [1.29, 1.82) is 0 Å². The lowest BCUT2D eigenvalue weighted by Crippen LogP contribution is -2.32. The van der Waals surface area contributed by atoms with E-state index in [2.05, 4.69) is 0 Å². The Balaban J connectivity index is 2.69. The fourth-order valence-electron chi connectivity index (χ4n) is 1.89. The number of rotatable bonds is 1. The molecule has 0 saturated heterocycles. The Kier molecular flexibility index (Phi) is 2.12. The molecule has 0 amide bonds. The quantitative estimate of drug-likeness (QED) is 0.732. The first-order chi connectivity index (χ1) is 7.34. The standard InChI is InChI=1S/C12H16N2O2/c1-12(2)11(15)9-8(14(3)4)6-5-7(13)10(9)16-12/h5-6H,13H2,1-4H3. The number of hydrogen-bond acceptors (Lipinski definition) is 4. The maximum atomic E-state index is 12.2. The van der Waals surface area contributed by atoms with E-state index in [0.29, 0.717) is 17.0 Å². The average molecular weight is 220 g/mol. The van der Waals surface area contributed by atoms with Crippen LogP contribution < -0.4 is 15.4 Å². The molecular formula is C12H16N2O2. The van der Waals surface area contributed by atoms with E-state index in [9.17, 15) is 4.79 Å². The zero-order valence-electron chi connectivity index (χ0n) is 10.00. The predicted molar refractivity (Wildman–Crippen MR) is 64.2 cm³/mol. The SMILES string of the molecule is CN(C)c1ccc(N)c2c1C(=O)C(C)(C)O2. The molecule has 1 aromatic carbocycles. The van der Waals surface area contributed by atoms with Crippen LogP contribution in [0.5, 0.6) is 5.75 Å². The molecule has 0 saturated carbocycles. The number of carbonyl (C=O) groups is 1. The number of benzene rings is 1. The van der Waals surface area contributed by atoms with E-state index in [-0.39, 0.29) is 5.78 Å². The Morgan fingerprint density at radius 2 is 1.94 bits per heavy atom. The van der Waals surface area contributed by atoms with Gasteiger partial charge in [-0.05, 0) is 26.0 Å². The number of ether oxygens (including phenoxy) is 1. The van der Waals surface area contributed by atoms with E-state index in [1.807, 2.05) is 25.1 Å². The van der Waals surface area contributed by atoms with E-state index in [0.717, 1.165) is 5.69 Å². The first kappa shape index (κ1) is 10.8. The minimum atomic E-state index is -0.817. The van der Waals surface area contributed by atoms with Crippen molar-refractivity contribution < 1.29 is 9.53 Å². The van der Waals surface area contributed by atoms with Gasteiger partial charge in [-0.2, -0.15) is 0 Å². The number of hydrogen-bond donors (Lipinski definition) is 1. The van der Waals surface area contributed by atoms with Crippen LogP contribution in [-0.2, 0) is 0 Å². The third-order valence-electron chi connectivity index (χ3n) is 2.78. The number of nitrogens with zero attached hydrogens (tertiary/aromatic N) is 1. The summed E-state index contributed by atoms with van der Waals surface area (Å²) >= 11 is 0. The summed E-state index contributed by atoms with van der Waals surface area (Å²) in [7, 11) is 3.79. The zero-order valence-corrected chi connectivity index (χ0v) is 10.00. The molecule has 1 aromatic rings. The van der Waals surface area contributed by atoms with Crippen molar-refractivity contribution in [1.82, 2.24) is 0 Å². The highest BCUT2D eigenvalue weighted by atomic mass is 16.5. The third kappa shape index (κ3) is 1.33. The Morgan fingerprint density at radius 3 is 2.50 bits per heavy atom. The molecule has 0 unspecified atom stereocenters. The second kappa shape index (κ2) is 3.14. The Labute approximate surface area is 95.0 Å². The van der Waals surface area contributed by atoms with Gasteiger partial charge in [0.05, 0.1) is 16.9 Å². The van der Waals surface area contributed by atoms with Crippen LogP contribution in [0, 0.1) is 0 Å². The Hall–Kier alpha value is -1.71. The van der Waals surface area contributed by atoms with Gasteiger partial charge in [0.25, 0.3) is 0 Å². The minimum Gasteiger partial charge on any atom is -0.477 e. The summed E-state index contributed by atoms with van der Waals surface area (Å²) in [6.45, 7) is 3.52. The molecule has 1 aliphatic rings. The molecule has 1 aliphatic heterocycles. The third-order valence-corrected chi connectivity index (χ3v) is 2.78. The Morgan fingerprint density at radius 1 is 1.31 bits per heavy atom. The molecule has 0 bridgehead atoms. The van der Waals surface area contributed by atoms with Crippen molar-refractivity contribution in [3.8, 4) is 5.75 Å². The molecule has 4 heteroatoms. The molecule has 4 nitrogen and oxygen atoms in total. The van der Waals surface area contributed by atoms with Gasteiger partial charge in [-0.15, -0.1) is 0 Å². The lowest BCUT2D eigenvalue weighted by molar-refractivity contribution is 0.0686. The maximum Gasteiger partial charge on any atom is 0.211 e. The number of ketones is 1. The second-order valence-corrected chi connectivity index (χ2v) is 4.71.